The third-order valence-corrected chi connectivity index (χ3v) is 2.98. The summed E-state index contributed by atoms with van der Waals surface area (Å²) in [5.74, 6) is -1.18. The Hall–Kier alpha value is -2.21. The minimum atomic E-state index is -0.855. The van der Waals surface area contributed by atoms with Crippen LogP contribution in [-0.4, -0.2) is 27.3 Å². The van der Waals surface area contributed by atoms with Gasteiger partial charge in [0.25, 0.3) is 0 Å². The predicted molar refractivity (Wildman–Crippen MR) is 72.5 cm³/mol. The topological polar surface area (TPSA) is 78.0 Å². The Bertz CT molecular complexity index is 598. The summed E-state index contributed by atoms with van der Waals surface area (Å²) in [5, 5.41) is 18.5. The molecule has 6 heteroatoms. The van der Waals surface area contributed by atoms with Crippen LogP contribution in [0.1, 0.15) is 18.9 Å². The summed E-state index contributed by atoms with van der Waals surface area (Å²) in [6.07, 6.45) is 1.65. The highest BCUT2D eigenvalue weighted by atomic mass is 19.1. The molecule has 20 heavy (non-hydrogen) atoms. The van der Waals surface area contributed by atoms with Crippen LogP contribution in [-0.2, 0) is 11.3 Å². The molecule has 0 aliphatic carbocycles. The average Bonchev–Trinajstić information content (AvgIpc) is 2.84. The van der Waals surface area contributed by atoms with Gasteiger partial charge in [-0.25, -0.2) is 4.39 Å². The second-order valence-electron chi connectivity index (χ2n) is 4.63. The SMILES string of the molecule is CC(CC(=O)O)NCc1cn[nH]c1-c1ccccc1F. The van der Waals surface area contributed by atoms with Crippen LogP contribution in [0.25, 0.3) is 11.3 Å². The lowest BCUT2D eigenvalue weighted by molar-refractivity contribution is -0.137. The zero-order valence-corrected chi connectivity index (χ0v) is 11.1. The Labute approximate surface area is 115 Å². The number of aromatic nitrogens is 2. The second-order valence-corrected chi connectivity index (χ2v) is 4.63. The Morgan fingerprint density at radius 1 is 1.50 bits per heavy atom. The Morgan fingerprint density at radius 3 is 2.95 bits per heavy atom. The van der Waals surface area contributed by atoms with Crippen molar-refractivity contribution in [3.8, 4) is 11.3 Å². The minimum absolute atomic E-state index is 0.0346. The van der Waals surface area contributed by atoms with Gasteiger partial charge < -0.3 is 10.4 Å². The predicted octanol–water partition coefficient (Wildman–Crippen LogP) is 2.17. The lowest BCUT2D eigenvalue weighted by atomic mass is 10.1. The second kappa shape index (κ2) is 6.29. The molecule has 0 spiro atoms. The van der Waals surface area contributed by atoms with Gasteiger partial charge >= 0.3 is 5.97 Å². The molecule has 1 aromatic carbocycles. The molecule has 0 fully saturated rings. The summed E-state index contributed by atoms with van der Waals surface area (Å²) < 4.78 is 13.8. The largest absolute Gasteiger partial charge is 0.481 e. The summed E-state index contributed by atoms with van der Waals surface area (Å²) in [5.41, 5.74) is 1.86. The van der Waals surface area contributed by atoms with E-state index >= 15 is 0 Å². The average molecular weight is 277 g/mol. The molecule has 106 valence electrons. The molecule has 5 nitrogen and oxygen atoms in total. The number of halogens is 1. The van der Waals surface area contributed by atoms with Crippen LogP contribution < -0.4 is 5.32 Å². The standard InChI is InChI=1S/C14H16FN3O2/c1-9(6-13(19)20)16-7-10-8-17-18-14(10)11-4-2-3-5-12(11)15/h2-5,8-9,16H,6-7H2,1H3,(H,17,18)(H,19,20). The number of nitrogens with zero attached hydrogens (tertiary/aromatic N) is 1. The van der Waals surface area contributed by atoms with Gasteiger partial charge in [0, 0.05) is 23.7 Å². The maximum absolute atomic E-state index is 13.8. The van der Waals surface area contributed by atoms with Crippen LogP contribution in [0.5, 0.6) is 0 Å². The maximum atomic E-state index is 13.8. The third kappa shape index (κ3) is 3.42. The molecule has 1 heterocycles. The van der Waals surface area contributed by atoms with Crippen LogP contribution >= 0.6 is 0 Å². The molecule has 2 rings (SSSR count). The minimum Gasteiger partial charge on any atom is -0.481 e. The molecule has 1 atom stereocenters. The Kier molecular flexibility index (Phi) is 4.47. The number of carbonyl (C=O) groups is 1. The molecule has 3 N–H and O–H groups in total. The molecular weight excluding hydrogens is 261 g/mol. The number of benzene rings is 1. The van der Waals surface area contributed by atoms with Crippen molar-refractivity contribution in [2.24, 2.45) is 0 Å². The summed E-state index contributed by atoms with van der Waals surface area (Å²) in [6, 6.07) is 6.27. The van der Waals surface area contributed by atoms with Gasteiger partial charge in [-0.2, -0.15) is 5.10 Å². The highest BCUT2D eigenvalue weighted by Gasteiger charge is 2.13. The fourth-order valence-corrected chi connectivity index (χ4v) is 1.96. The highest BCUT2D eigenvalue weighted by molar-refractivity contribution is 5.67. The van der Waals surface area contributed by atoms with E-state index in [-0.39, 0.29) is 18.3 Å². The number of aliphatic carboxylic acids is 1. The number of carboxylic acid groups (broad SMARTS) is 1. The molecule has 0 amide bonds. The molecule has 1 unspecified atom stereocenters. The van der Waals surface area contributed by atoms with Crippen molar-refractivity contribution in [2.45, 2.75) is 25.9 Å². The molecule has 0 saturated heterocycles. The summed E-state index contributed by atoms with van der Waals surface area (Å²) >= 11 is 0. The van der Waals surface area contributed by atoms with Crippen molar-refractivity contribution >= 4 is 5.97 Å². The van der Waals surface area contributed by atoms with Gasteiger partial charge in [-0.05, 0) is 19.1 Å². The first-order chi connectivity index (χ1) is 9.58. The van der Waals surface area contributed by atoms with Gasteiger partial charge in [0.1, 0.15) is 5.82 Å². The smallest absolute Gasteiger partial charge is 0.304 e. The van der Waals surface area contributed by atoms with Crippen molar-refractivity contribution in [1.29, 1.82) is 0 Å². The van der Waals surface area contributed by atoms with Crippen LogP contribution in [0, 0.1) is 5.82 Å². The van der Waals surface area contributed by atoms with Crippen LogP contribution in [0.2, 0.25) is 0 Å². The molecule has 0 bridgehead atoms. The van der Waals surface area contributed by atoms with E-state index in [1.54, 1.807) is 31.3 Å². The van der Waals surface area contributed by atoms with Crippen molar-refractivity contribution in [3.05, 3.63) is 41.8 Å². The molecule has 2 aromatic rings. The number of hydrogen-bond donors (Lipinski definition) is 3. The lowest BCUT2D eigenvalue weighted by Gasteiger charge is -2.11. The first-order valence-electron chi connectivity index (χ1n) is 6.30. The van der Waals surface area contributed by atoms with Crippen LogP contribution in [0.3, 0.4) is 0 Å². The van der Waals surface area contributed by atoms with E-state index in [1.807, 2.05) is 0 Å². The van der Waals surface area contributed by atoms with Gasteiger partial charge in [-0.15, -0.1) is 0 Å². The number of carboxylic acids is 1. The van der Waals surface area contributed by atoms with Gasteiger partial charge in [-0.3, -0.25) is 9.89 Å². The van der Waals surface area contributed by atoms with Gasteiger partial charge in [0.2, 0.25) is 0 Å². The van der Waals surface area contributed by atoms with E-state index in [9.17, 15) is 9.18 Å². The van der Waals surface area contributed by atoms with E-state index in [1.165, 1.54) is 6.07 Å². The van der Waals surface area contributed by atoms with Crippen molar-refractivity contribution in [3.63, 3.8) is 0 Å². The number of aromatic amines is 1. The van der Waals surface area contributed by atoms with Crippen molar-refractivity contribution in [1.82, 2.24) is 15.5 Å². The van der Waals surface area contributed by atoms with Crippen LogP contribution in [0.15, 0.2) is 30.5 Å². The van der Waals surface area contributed by atoms with E-state index in [0.717, 1.165) is 5.56 Å². The molecule has 0 radical (unpaired) electrons. The van der Waals surface area contributed by atoms with Crippen molar-refractivity contribution < 1.29 is 14.3 Å². The maximum Gasteiger partial charge on any atom is 0.304 e. The summed E-state index contributed by atoms with van der Waals surface area (Å²) in [6.45, 7) is 2.21. The van der Waals surface area contributed by atoms with Gasteiger partial charge in [0.15, 0.2) is 0 Å². The first kappa shape index (κ1) is 14.2. The van der Waals surface area contributed by atoms with E-state index in [4.69, 9.17) is 5.11 Å². The summed E-state index contributed by atoms with van der Waals surface area (Å²) in [7, 11) is 0. The van der Waals surface area contributed by atoms with Crippen molar-refractivity contribution in [2.75, 3.05) is 0 Å². The summed E-state index contributed by atoms with van der Waals surface area (Å²) in [4.78, 5) is 10.6. The Morgan fingerprint density at radius 2 is 2.25 bits per heavy atom. The first-order valence-corrected chi connectivity index (χ1v) is 6.30. The van der Waals surface area contributed by atoms with E-state index < -0.39 is 5.97 Å². The van der Waals surface area contributed by atoms with E-state index in [0.29, 0.717) is 17.8 Å². The molecule has 0 aliphatic rings. The molecule has 0 saturated carbocycles. The number of H-pyrrole nitrogens is 1. The molecular formula is C14H16FN3O2. The van der Waals surface area contributed by atoms with Crippen LogP contribution in [0.4, 0.5) is 4.39 Å². The lowest BCUT2D eigenvalue weighted by Crippen LogP contribution is -2.28. The zero-order chi connectivity index (χ0) is 14.5. The Balaban J connectivity index is 2.10. The number of nitrogens with one attached hydrogen (secondary N) is 2. The fourth-order valence-electron chi connectivity index (χ4n) is 1.96. The normalized spacial score (nSPS) is 12.3. The zero-order valence-electron chi connectivity index (χ0n) is 11.1. The third-order valence-electron chi connectivity index (χ3n) is 2.98. The van der Waals surface area contributed by atoms with Gasteiger partial charge in [-0.1, -0.05) is 12.1 Å². The highest BCUT2D eigenvalue weighted by Crippen LogP contribution is 2.23. The molecule has 0 aliphatic heterocycles. The van der Waals surface area contributed by atoms with Gasteiger partial charge in [0.05, 0.1) is 18.3 Å². The monoisotopic (exact) mass is 277 g/mol. The molecule has 1 aromatic heterocycles. The van der Waals surface area contributed by atoms with E-state index in [2.05, 4.69) is 15.5 Å². The fraction of sp³-hybridized carbons (Fsp3) is 0.286. The quantitative estimate of drug-likeness (QED) is 0.756. The number of rotatable bonds is 6. The number of hydrogen-bond acceptors (Lipinski definition) is 3.